The molecule has 2 nitrogen and oxygen atoms in total. The molecule has 0 bridgehead atoms. The molecular formula is C9H8F3O2. The molecule has 0 saturated carbocycles. The van der Waals surface area contributed by atoms with Crippen LogP contribution in [0, 0.1) is 6.92 Å². The largest absolute Gasteiger partial charge is 0.573 e. The number of para-hydroxylation sites is 1. The minimum absolute atomic E-state index is 0.00910. The third-order valence-corrected chi connectivity index (χ3v) is 1.50. The molecule has 0 saturated heterocycles. The average molecular weight is 205 g/mol. The molecule has 0 fully saturated rings. The van der Waals surface area contributed by atoms with E-state index in [2.05, 4.69) is 11.7 Å². The van der Waals surface area contributed by atoms with Crippen LogP contribution in [0.1, 0.15) is 5.56 Å². The van der Waals surface area contributed by atoms with Crippen molar-refractivity contribution in [2.75, 3.05) is 7.11 Å². The Morgan fingerprint density at radius 1 is 1.29 bits per heavy atom. The van der Waals surface area contributed by atoms with Gasteiger partial charge in [-0.05, 0) is 18.6 Å². The van der Waals surface area contributed by atoms with E-state index >= 15 is 0 Å². The zero-order valence-electron chi connectivity index (χ0n) is 7.39. The highest BCUT2D eigenvalue weighted by Crippen LogP contribution is 2.34. The lowest BCUT2D eigenvalue weighted by Gasteiger charge is -2.14. The minimum Gasteiger partial charge on any atom is -0.493 e. The number of rotatable bonds is 2. The van der Waals surface area contributed by atoms with Crippen molar-refractivity contribution in [2.45, 2.75) is 6.36 Å². The van der Waals surface area contributed by atoms with Crippen molar-refractivity contribution in [1.82, 2.24) is 0 Å². The Morgan fingerprint density at radius 2 is 1.93 bits per heavy atom. The van der Waals surface area contributed by atoms with Crippen molar-refractivity contribution >= 4 is 0 Å². The molecule has 5 heteroatoms. The van der Waals surface area contributed by atoms with Gasteiger partial charge in [0.15, 0.2) is 11.5 Å². The molecule has 0 aliphatic carbocycles. The van der Waals surface area contributed by atoms with E-state index < -0.39 is 12.1 Å². The van der Waals surface area contributed by atoms with Gasteiger partial charge in [-0.1, -0.05) is 12.1 Å². The first kappa shape index (κ1) is 10.7. The van der Waals surface area contributed by atoms with Gasteiger partial charge in [-0.2, -0.15) is 0 Å². The van der Waals surface area contributed by atoms with Gasteiger partial charge in [-0.25, -0.2) is 0 Å². The Hall–Kier alpha value is -1.39. The average Bonchev–Trinajstić information content (AvgIpc) is 2.06. The fourth-order valence-corrected chi connectivity index (χ4v) is 0.954. The van der Waals surface area contributed by atoms with E-state index in [1.807, 2.05) is 0 Å². The van der Waals surface area contributed by atoms with Crippen LogP contribution >= 0.6 is 0 Å². The van der Waals surface area contributed by atoms with Gasteiger partial charge in [0.1, 0.15) is 0 Å². The SMILES string of the molecule is [CH2]c1cccc(OC)c1OC(F)(F)F. The van der Waals surface area contributed by atoms with E-state index in [1.165, 1.54) is 25.3 Å². The van der Waals surface area contributed by atoms with Gasteiger partial charge in [-0.15, -0.1) is 13.2 Å². The Morgan fingerprint density at radius 3 is 2.43 bits per heavy atom. The van der Waals surface area contributed by atoms with Crippen molar-refractivity contribution in [3.8, 4) is 11.5 Å². The molecule has 1 aromatic rings. The van der Waals surface area contributed by atoms with Crippen LogP contribution in [0.15, 0.2) is 18.2 Å². The van der Waals surface area contributed by atoms with Gasteiger partial charge in [0.25, 0.3) is 0 Å². The first-order valence-corrected chi connectivity index (χ1v) is 3.69. The number of halogens is 3. The quantitative estimate of drug-likeness (QED) is 0.739. The van der Waals surface area contributed by atoms with Gasteiger partial charge in [-0.3, -0.25) is 0 Å². The van der Waals surface area contributed by atoms with Crippen molar-refractivity contribution in [2.24, 2.45) is 0 Å². The maximum absolute atomic E-state index is 11.9. The number of hydrogen-bond donors (Lipinski definition) is 0. The maximum Gasteiger partial charge on any atom is 0.573 e. The summed E-state index contributed by atoms with van der Waals surface area (Å²) in [6.07, 6.45) is -4.74. The second-order valence-electron chi connectivity index (χ2n) is 2.50. The highest BCUT2D eigenvalue weighted by molar-refractivity contribution is 5.47. The molecule has 0 unspecified atom stereocenters. The number of benzene rings is 1. The molecular weight excluding hydrogens is 197 g/mol. The highest BCUT2D eigenvalue weighted by Gasteiger charge is 2.33. The molecule has 0 N–H and O–H groups in total. The fraction of sp³-hybridized carbons (Fsp3) is 0.222. The Bertz CT molecular complexity index is 320. The molecule has 1 aromatic carbocycles. The first-order chi connectivity index (χ1) is 6.44. The van der Waals surface area contributed by atoms with Gasteiger partial charge >= 0.3 is 6.36 Å². The molecule has 0 heterocycles. The number of hydrogen-bond acceptors (Lipinski definition) is 2. The third-order valence-electron chi connectivity index (χ3n) is 1.50. The van der Waals surface area contributed by atoms with Crippen LogP contribution < -0.4 is 9.47 Å². The predicted molar refractivity (Wildman–Crippen MR) is 44.1 cm³/mol. The van der Waals surface area contributed by atoms with E-state index in [0.717, 1.165) is 0 Å². The second-order valence-corrected chi connectivity index (χ2v) is 2.50. The molecule has 0 spiro atoms. The van der Waals surface area contributed by atoms with Crippen LogP contribution in [0.3, 0.4) is 0 Å². The molecule has 1 radical (unpaired) electrons. The van der Waals surface area contributed by atoms with Gasteiger partial charge in [0.05, 0.1) is 7.11 Å². The summed E-state index contributed by atoms with van der Waals surface area (Å²) in [5.74, 6) is -0.391. The van der Waals surface area contributed by atoms with E-state index in [-0.39, 0.29) is 11.3 Å². The fourth-order valence-electron chi connectivity index (χ4n) is 0.954. The van der Waals surface area contributed by atoms with E-state index in [1.54, 1.807) is 0 Å². The smallest absolute Gasteiger partial charge is 0.493 e. The maximum atomic E-state index is 11.9. The summed E-state index contributed by atoms with van der Waals surface area (Å²) in [7, 11) is 1.26. The molecule has 1 rings (SSSR count). The lowest BCUT2D eigenvalue weighted by Crippen LogP contribution is -2.18. The van der Waals surface area contributed by atoms with Crippen molar-refractivity contribution in [3.63, 3.8) is 0 Å². The minimum atomic E-state index is -4.74. The zero-order chi connectivity index (χ0) is 10.8. The Balaban J connectivity index is 3.05. The molecule has 0 amide bonds. The van der Waals surface area contributed by atoms with E-state index in [9.17, 15) is 13.2 Å². The standard InChI is InChI=1S/C9H8F3O2/c1-6-4-3-5-7(13-2)8(6)14-9(10,11)12/h3-5H,1H2,2H3. The van der Waals surface area contributed by atoms with Crippen LogP contribution in [0.25, 0.3) is 0 Å². The summed E-state index contributed by atoms with van der Waals surface area (Å²) >= 11 is 0. The molecule has 14 heavy (non-hydrogen) atoms. The number of methoxy groups -OCH3 is 1. The van der Waals surface area contributed by atoms with Crippen LogP contribution in [-0.4, -0.2) is 13.5 Å². The zero-order valence-corrected chi connectivity index (χ0v) is 7.39. The van der Waals surface area contributed by atoms with E-state index in [0.29, 0.717) is 0 Å². The summed E-state index contributed by atoms with van der Waals surface area (Å²) in [5.41, 5.74) is 0.127. The van der Waals surface area contributed by atoms with Gasteiger partial charge < -0.3 is 9.47 Å². The van der Waals surface area contributed by atoms with Crippen LogP contribution in [0.5, 0.6) is 11.5 Å². The molecule has 0 atom stereocenters. The van der Waals surface area contributed by atoms with E-state index in [4.69, 9.17) is 4.74 Å². The monoisotopic (exact) mass is 205 g/mol. The van der Waals surface area contributed by atoms with Crippen LogP contribution in [-0.2, 0) is 0 Å². The number of alkyl halides is 3. The number of ether oxygens (including phenoxy) is 2. The van der Waals surface area contributed by atoms with Gasteiger partial charge in [0.2, 0.25) is 0 Å². The summed E-state index contributed by atoms with van der Waals surface area (Å²) < 4.78 is 44.3. The van der Waals surface area contributed by atoms with Crippen molar-refractivity contribution in [3.05, 3.63) is 30.7 Å². The summed E-state index contributed by atoms with van der Waals surface area (Å²) in [5, 5.41) is 0. The lowest BCUT2D eigenvalue weighted by atomic mass is 10.2. The third kappa shape index (κ3) is 2.55. The lowest BCUT2D eigenvalue weighted by molar-refractivity contribution is -0.275. The second kappa shape index (κ2) is 3.77. The van der Waals surface area contributed by atoms with Crippen molar-refractivity contribution < 1.29 is 22.6 Å². The summed E-state index contributed by atoms with van der Waals surface area (Å²) in [6, 6.07) is 4.31. The molecule has 0 aromatic heterocycles. The summed E-state index contributed by atoms with van der Waals surface area (Å²) in [4.78, 5) is 0. The van der Waals surface area contributed by atoms with Gasteiger partial charge in [0, 0.05) is 0 Å². The predicted octanol–water partition coefficient (Wildman–Crippen LogP) is 2.78. The van der Waals surface area contributed by atoms with Crippen LogP contribution in [0.4, 0.5) is 13.2 Å². The molecule has 77 valence electrons. The molecule has 0 aliphatic heterocycles. The highest BCUT2D eigenvalue weighted by atomic mass is 19.4. The normalized spacial score (nSPS) is 11.2. The topological polar surface area (TPSA) is 18.5 Å². The summed E-state index contributed by atoms with van der Waals surface area (Å²) in [6.45, 7) is 3.41. The first-order valence-electron chi connectivity index (χ1n) is 3.69. The Labute approximate surface area is 79.2 Å². The Kier molecular flexibility index (Phi) is 2.88. The molecule has 0 aliphatic rings. The van der Waals surface area contributed by atoms with Crippen molar-refractivity contribution in [1.29, 1.82) is 0 Å². The van der Waals surface area contributed by atoms with Crippen LogP contribution in [0.2, 0.25) is 0 Å².